The van der Waals surface area contributed by atoms with E-state index in [0.29, 0.717) is 0 Å². The maximum atomic E-state index is 11.2. The van der Waals surface area contributed by atoms with Gasteiger partial charge in [-0.1, -0.05) is 0 Å². The fraction of sp³-hybridized carbons (Fsp3) is 0.857. The molecular weight excluding hydrogens is 215 g/mol. The van der Waals surface area contributed by atoms with Crippen LogP contribution in [-0.2, 0) is 9.74 Å². The highest BCUT2D eigenvalue weighted by molar-refractivity contribution is 5.84. The number of hydrogen-bond donors (Lipinski definition) is 5. The Labute approximate surface area is 84.2 Å². The molecular formula is C7H13FO7. The fourth-order valence-corrected chi connectivity index (χ4v) is 0.852. The molecule has 0 saturated carbocycles. The fourth-order valence-electron chi connectivity index (χ4n) is 0.852. The maximum absolute atomic E-state index is 11.2. The predicted molar refractivity (Wildman–Crippen MR) is 43.2 cm³/mol. The molecule has 0 heterocycles. The third-order valence-electron chi connectivity index (χ3n) is 1.78. The maximum Gasteiger partial charge on any atom is 0.193 e. The molecule has 0 radical (unpaired) electrons. The molecule has 4 atom stereocenters. The molecule has 8 heteroatoms. The molecule has 15 heavy (non-hydrogen) atoms. The second-order valence-corrected chi connectivity index (χ2v) is 2.90. The summed E-state index contributed by atoms with van der Waals surface area (Å²) in [5.74, 6) is -1.20. The molecule has 5 N–H and O–H groups in total. The van der Waals surface area contributed by atoms with Crippen LogP contribution in [0.5, 0.6) is 0 Å². The number of rotatable bonds is 7. The Morgan fingerprint density at radius 2 is 1.73 bits per heavy atom. The minimum absolute atomic E-state index is 0.862. The van der Waals surface area contributed by atoms with Gasteiger partial charge in [0.2, 0.25) is 0 Å². The molecule has 0 aromatic heterocycles. The first-order valence-electron chi connectivity index (χ1n) is 4.05. The van der Waals surface area contributed by atoms with Gasteiger partial charge < -0.3 is 25.5 Å². The number of Topliss-reactive ketones (excluding diaryl/α,β-unsaturated/α-hetero) is 1. The Kier molecular flexibility index (Phi) is 6.48. The van der Waals surface area contributed by atoms with Gasteiger partial charge in [-0.25, -0.2) is 0 Å². The van der Waals surface area contributed by atoms with Crippen LogP contribution in [0.15, 0.2) is 0 Å². The topological polar surface area (TPSA) is 127 Å². The summed E-state index contributed by atoms with van der Waals surface area (Å²) in [6, 6.07) is 0. The molecule has 7 nitrogen and oxygen atoms in total. The normalized spacial score (nSPS) is 19.3. The van der Waals surface area contributed by atoms with E-state index in [1.54, 1.807) is 0 Å². The highest BCUT2D eigenvalue weighted by Crippen LogP contribution is 2.06. The van der Waals surface area contributed by atoms with E-state index >= 15 is 0 Å². The molecule has 0 aromatic carbocycles. The minimum Gasteiger partial charge on any atom is -0.394 e. The van der Waals surface area contributed by atoms with Crippen molar-refractivity contribution in [1.29, 1.82) is 0 Å². The standard InChI is InChI=1S/C7H13FO7/c8-15-2-4(11)6(13)7(14)5(12)3(10)1-9/h3,5-7,9-10,12-14H,1-2H2/t3-,5-,6-,7+/m1/s1. The van der Waals surface area contributed by atoms with Crippen molar-refractivity contribution in [2.75, 3.05) is 13.2 Å². The van der Waals surface area contributed by atoms with Gasteiger partial charge in [0, 0.05) is 0 Å². The summed E-state index contributed by atoms with van der Waals surface area (Å²) in [7, 11) is 0. The Morgan fingerprint density at radius 1 is 1.20 bits per heavy atom. The molecule has 0 amide bonds. The summed E-state index contributed by atoms with van der Waals surface area (Å²) in [5.41, 5.74) is 0. The first-order chi connectivity index (χ1) is 6.95. The molecule has 0 rings (SSSR count). The van der Waals surface area contributed by atoms with Crippen molar-refractivity contribution in [3.05, 3.63) is 0 Å². The van der Waals surface area contributed by atoms with Gasteiger partial charge in [0.15, 0.2) is 5.78 Å². The van der Waals surface area contributed by atoms with Gasteiger partial charge in [-0.05, 0) is 4.53 Å². The largest absolute Gasteiger partial charge is 0.394 e. The first-order valence-corrected chi connectivity index (χ1v) is 4.05. The van der Waals surface area contributed by atoms with Crippen LogP contribution in [-0.4, -0.2) is 68.9 Å². The lowest BCUT2D eigenvalue weighted by molar-refractivity contribution is -0.172. The van der Waals surface area contributed by atoms with Crippen LogP contribution in [0.2, 0.25) is 0 Å². The van der Waals surface area contributed by atoms with E-state index < -0.39 is 43.4 Å². The van der Waals surface area contributed by atoms with E-state index in [0.717, 1.165) is 0 Å². The molecule has 0 unspecified atom stereocenters. The zero-order chi connectivity index (χ0) is 12.0. The summed E-state index contributed by atoms with van der Waals surface area (Å²) in [5, 5.41) is 44.5. The Morgan fingerprint density at radius 3 is 2.13 bits per heavy atom. The number of hydrogen-bond acceptors (Lipinski definition) is 7. The van der Waals surface area contributed by atoms with Gasteiger partial charge >= 0.3 is 0 Å². The molecule has 90 valence electrons. The highest BCUT2D eigenvalue weighted by atomic mass is 19.3. The van der Waals surface area contributed by atoms with E-state index in [-0.39, 0.29) is 0 Å². The zero-order valence-corrected chi connectivity index (χ0v) is 7.65. The Bertz CT molecular complexity index is 200. The first kappa shape index (κ1) is 14.4. The number of carbonyl (C=O) groups excluding carboxylic acids is 1. The number of aliphatic hydroxyl groups excluding tert-OH is 5. The second-order valence-electron chi connectivity index (χ2n) is 2.90. The Hall–Kier alpha value is -0.640. The lowest BCUT2D eigenvalue weighted by Crippen LogP contribution is -2.49. The van der Waals surface area contributed by atoms with Gasteiger partial charge in [-0.3, -0.25) is 4.79 Å². The summed E-state index contributed by atoms with van der Waals surface area (Å²) in [6.07, 6.45) is -7.77. The molecule has 0 aliphatic carbocycles. The highest BCUT2D eigenvalue weighted by Gasteiger charge is 2.33. The van der Waals surface area contributed by atoms with Crippen molar-refractivity contribution >= 4 is 5.78 Å². The predicted octanol–water partition coefficient (Wildman–Crippen LogP) is -3.11. The number of aliphatic hydroxyl groups is 5. The van der Waals surface area contributed by atoms with E-state index in [1.807, 2.05) is 0 Å². The van der Waals surface area contributed by atoms with Gasteiger partial charge in [-0.2, -0.15) is 4.94 Å². The molecule has 0 aliphatic rings. The van der Waals surface area contributed by atoms with Crippen molar-refractivity contribution in [3.63, 3.8) is 0 Å². The molecule has 0 aliphatic heterocycles. The minimum atomic E-state index is -2.10. The average molecular weight is 228 g/mol. The quantitative estimate of drug-likeness (QED) is 0.312. The van der Waals surface area contributed by atoms with Crippen LogP contribution >= 0.6 is 0 Å². The number of ketones is 1. The van der Waals surface area contributed by atoms with Crippen LogP contribution in [0.1, 0.15) is 0 Å². The number of halogens is 1. The summed E-state index contributed by atoms with van der Waals surface area (Å²) < 4.78 is 11.2. The zero-order valence-electron chi connectivity index (χ0n) is 7.65. The summed E-state index contributed by atoms with van der Waals surface area (Å²) in [4.78, 5) is 13.7. The lowest BCUT2D eigenvalue weighted by atomic mass is 10.0. The van der Waals surface area contributed by atoms with Crippen molar-refractivity contribution < 1.29 is 39.8 Å². The number of carbonyl (C=O) groups is 1. The smallest absolute Gasteiger partial charge is 0.193 e. The molecule has 0 spiro atoms. The average Bonchev–Trinajstić information content (AvgIpc) is 2.25. The lowest BCUT2D eigenvalue weighted by Gasteiger charge is -2.24. The molecule has 0 fully saturated rings. The van der Waals surface area contributed by atoms with Crippen LogP contribution in [0.4, 0.5) is 4.53 Å². The van der Waals surface area contributed by atoms with Gasteiger partial charge in [-0.15, -0.1) is 0 Å². The van der Waals surface area contributed by atoms with E-state index in [1.165, 1.54) is 0 Å². The third-order valence-corrected chi connectivity index (χ3v) is 1.78. The van der Waals surface area contributed by atoms with Crippen LogP contribution < -0.4 is 0 Å². The van der Waals surface area contributed by atoms with Gasteiger partial charge in [0.25, 0.3) is 0 Å². The van der Waals surface area contributed by atoms with Gasteiger partial charge in [0.1, 0.15) is 31.0 Å². The third kappa shape index (κ3) is 4.16. The van der Waals surface area contributed by atoms with Crippen molar-refractivity contribution in [3.8, 4) is 0 Å². The van der Waals surface area contributed by atoms with E-state index in [2.05, 4.69) is 4.94 Å². The summed E-state index contributed by atoms with van der Waals surface area (Å²) >= 11 is 0. The van der Waals surface area contributed by atoms with E-state index in [4.69, 9.17) is 25.5 Å². The van der Waals surface area contributed by atoms with Crippen LogP contribution in [0.3, 0.4) is 0 Å². The molecule has 0 bridgehead atoms. The van der Waals surface area contributed by atoms with Crippen molar-refractivity contribution in [2.45, 2.75) is 24.4 Å². The Balaban J connectivity index is 4.29. The van der Waals surface area contributed by atoms with Crippen LogP contribution in [0, 0.1) is 0 Å². The van der Waals surface area contributed by atoms with Crippen molar-refractivity contribution in [1.82, 2.24) is 0 Å². The van der Waals surface area contributed by atoms with Gasteiger partial charge in [0.05, 0.1) is 6.61 Å². The monoisotopic (exact) mass is 228 g/mol. The van der Waals surface area contributed by atoms with Crippen LogP contribution in [0.25, 0.3) is 0 Å². The summed E-state index contributed by atoms with van der Waals surface area (Å²) in [6.45, 7) is -1.95. The second kappa shape index (κ2) is 6.77. The van der Waals surface area contributed by atoms with Crippen molar-refractivity contribution in [2.24, 2.45) is 0 Å². The van der Waals surface area contributed by atoms with E-state index in [9.17, 15) is 9.32 Å². The molecule has 0 saturated heterocycles. The SMILES string of the molecule is O=C(COF)[C@@H](O)[C@@H](O)[C@H](O)[C@H](O)CO. The molecule has 0 aromatic rings.